The van der Waals surface area contributed by atoms with Crippen LogP contribution in [0.25, 0.3) is 0 Å². The molecule has 0 saturated carbocycles. The molecule has 0 amide bonds. The second kappa shape index (κ2) is 27.1. The van der Waals surface area contributed by atoms with Gasteiger partial charge in [-0.1, -0.05) is 188 Å². The maximum absolute atomic E-state index is 14.8. The highest BCUT2D eigenvalue weighted by molar-refractivity contribution is 5.70. The summed E-state index contributed by atoms with van der Waals surface area (Å²) in [5, 5.41) is 0. The van der Waals surface area contributed by atoms with Crippen molar-refractivity contribution in [3.63, 3.8) is 0 Å². The van der Waals surface area contributed by atoms with Gasteiger partial charge >= 0.3 is 5.97 Å². The molecule has 0 radical (unpaired) electrons. The van der Waals surface area contributed by atoms with Crippen molar-refractivity contribution >= 4 is 5.97 Å². The number of hydrogen-bond donors (Lipinski definition) is 0. The van der Waals surface area contributed by atoms with Crippen LogP contribution in [0.15, 0.2) is 195 Å². The molecule has 6 aromatic carbocycles. The summed E-state index contributed by atoms with van der Waals surface area (Å²) in [7, 11) is 1.57. The number of ether oxygens (including phenoxy) is 9. The first-order valence-electron chi connectivity index (χ1n) is 22.9. The van der Waals surface area contributed by atoms with Crippen LogP contribution < -0.4 is 0 Å². The summed E-state index contributed by atoms with van der Waals surface area (Å²) in [6.45, 7) is 6.02. The lowest BCUT2D eigenvalue weighted by atomic mass is 9.87. The Morgan fingerprint density at radius 2 is 0.970 bits per heavy atom. The average Bonchev–Trinajstić information content (AvgIpc) is 3.38. The summed E-state index contributed by atoms with van der Waals surface area (Å²) in [5.41, 5.74) is 5.85. The molecule has 8 atom stereocenters. The Labute approximate surface area is 395 Å². The van der Waals surface area contributed by atoms with Crippen molar-refractivity contribution in [3.8, 4) is 0 Å². The molecule has 0 bridgehead atoms. The molecule has 0 spiro atoms. The number of carbonyl (C=O) groups excluding carboxylic acids is 1. The molecular weight excluding hydrogens is 845 g/mol. The minimum Gasteiger partial charge on any atom is -0.457 e. The summed E-state index contributed by atoms with van der Waals surface area (Å²) >= 11 is 0. The van der Waals surface area contributed by atoms with Gasteiger partial charge in [0.1, 0.15) is 24.4 Å². The molecule has 1 heterocycles. The highest BCUT2D eigenvalue weighted by atomic mass is 16.7. The number of benzene rings is 6. The van der Waals surface area contributed by atoms with E-state index in [2.05, 4.69) is 6.58 Å². The third-order valence-electron chi connectivity index (χ3n) is 11.5. The lowest BCUT2D eigenvalue weighted by Gasteiger charge is -2.45. The lowest BCUT2D eigenvalue weighted by Crippen LogP contribution is -2.58. The lowest BCUT2D eigenvalue weighted by molar-refractivity contribution is -0.300. The topological polar surface area (TPSA) is 100 Å². The second-order valence-corrected chi connectivity index (χ2v) is 16.5. The van der Waals surface area contributed by atoms with Crippen molar-refractivity contribution in [2.45, 2.75) is 89.0 Å². The Bertz CT molecular complexity index is 2270. The number of methoxy groups -OCH3 is 1. The summed E-state index contributed by atoms with van der Waals surface area (Å²) in [4.78, 5) is 14.8. The van der Waals surface area contributed by atoms with Crippen LogP contribution in [-0.4, -0.2) is 69.2 Å². The van der Waals surface area contributed by atoms with Crippen LogP contribution in [0.4, 0.5) is 0 Å². The van der Waals surface area contributed by atoms with Crippen LogP contribution >= 0.6 is 0 Å². The Balaban J connectivity index is 1.17. The van der Waals surface area contributed by atoms with E-state index in [4.69, 9.17) is 42.6 Å². The number of hydrogen-bond acceptors (Lipinski definition) is 10. The predicted octanol–water partition coefficient (Wildman–Crippen LogP) is 10.2. The molecule has 10 heteroatoms. The standard InChI is InChI=1S/C57H62O10/c1-3-50(62-37-45-26-14-6-15-27-45)55(64-39-47-30-18-8-19-31-47)51(41-60-35-43-22-10-4-11-23-43)66-53(58)34-49-54(63-38-46-28-16-7-17-29-46)56(65-40-48-32-20-9-21-33-48)52(67-57(49)59-2)42-61-36-44-24-12-5-13-25-44/h3-33,49-52,54-57H,1,34-42H2,2H3/t49-,50-,51-,52-,54-,55+,56-,57+/m1/s1. The van der Waals surface area contributed by atoms with Gasteiger partial charge in [0.05, 0.1) is 65.4 Å². The van der Waals surface area contributed by atoms with E-state index >= 15 is 0 Å². The monoisotopic (exact) mass is 906 g/mol. The first kappa shape index (κ1) is 49.1. The molecule has 0 aromatic heterocycles. The van der Waals surface area contributed by atoms with Crippen molar-refractivity contribution in [2.75, 3.05) is 20.3 Å². The van der Waals surface area contributed by atoms with Crippen LogP contribution in [0.3, 0.4) is 0 Å². The summed E-state index contributed by atoms with van der Waals surface area (Å²) in [6.07, 6.45) is -3.78. The van der Waals surface area contributed by atoms with Crippen LogP contribution in [0.5, 0.6) is 0 Å². The van der Waals surface area contributed by atoms with Gasteiger partial charge in [-0.3, -0.25) is 4.79 Å². The van der Waals surface area contributed by atoms with Crippen molar-refractivity contribution in [1.82, 2.24) is 0 Å². The van der Waals surface area contributed by atoms with E-state index < -0.39 is 54.8 Å². The highest BCUT2D eigenvalue weighted by Gasteiger charge is 2.49. The molecule has 0 unspecified atom stereocenters. The van der Waals surface area contributed by atoms with Crippen molar-refractivity contribution in [3.05, 3.63) is 228 Å². The summed E-state index contributed by atoms with van der Waals surface area (Å²) < 4.78 is 58.8. The average molecular weight is 907 g/mol. The third-order valence-corrected chi connectivity index (χ3v) is 11.5. The molecule has 10 nitrogen and oxygen atoms in total. The SMILES string of the molecule is C=C[C@@H](OCc1ccccc1)[C@H](OCc1ccccc1)[C@@H](COCc1ccccc1)OC(=O)C[C@H]1[C@@H](OC)O[C@H](COCc2ccccc2)[C@@H](OCc2ccccc2)[C@@H]1OCc1ccccc1. The minimum absolute atomic E-state index is 0.00553. The fourth-order valence-electron chi connectivity index (χ4n) is 8.08. The molecule has 1 saturated heterocycles. The molecule has 1 aliphatic heterocycles. The minimum atomic E-state index is -0.933. The quantitative estimate of drug-likeness (QED) is 0.0367. The molecule has 1 fully saturated rings. The third kappa shape index (κ3) is 15.6. The maximum atomic E-state index is 14.8. The zero-order valence-corrected chi connectivity index (χ0v) is 38.2. The summed E-state index contributed by atoms with van der Waals surface area (Å²) in [6, 6.07) is 59.3. The first-order chi connectivity index (χ1) is 33.1. The van der Waals surface area contributed by atoms with E-state index in [1.165, 1.54) is 0 Å². The number of rotatable bonds is 27. The normalized spacial score (nSPS) is 19.5. The van der Waals surface area contributed by atoms with Gasteiger partial charge in [0.15, 0.2) is 12.4 Å². The summed E-state index contributed by atoms with van der Waals surface area (Å²) in [5.74, 6) is -1.21. The van der Waals surface area contributed by atoms with Gasteiger partial charge in [-0.25, -0.2) is 0 Å². The van der Waals surface area contributed by atoms with E-state index in [0.29, 0.717) is 6.61 Å². The molecular formula is C57H62O10. The zero-order valence-electron chi connectivity index (χ0n) is 38.2. The Kier molecular flexibility index (Phi) is 19.9. The highest BCUT2D eigenvalue weighted by Crippen LogP contribution is 2.35. The molecule has 6 aromatic rings. The molecule has 0 aliphatic carbocycles. The molecule has 350 valence electrons. The number of esters is 1. The first-order valence-corrected chi connectivity index (χ1v) is 22.9. The van der Waals surface area contributed by atoms with Crippen molar-refractivity contribution < 1.29 is 47.4 Å². The van der Waals surface area contributed by atoms with E-state index in [9.17, 15) is 4.79 Å². The van der Waals surface area contributed by atoms with Crippen LogP contribution in [0.2, 0.25) is 0 Å². The van der Waals surface area contributed by atoms with E-state index in [1.54, 1.807) is 13.2 Å². The van der Waals surface area contributed by atoms with Crippen LogP contribution in [0, 0.1) is 5.92 Å². The van der Waals surface area contributed by atoms with Gasteiger partial charge in [-0.05, 0) is 33.4 Å². The van der Waals surface area contributed by atoms with Gasteiger partial charge in [0, 0.05) is 13.0 Å². The molecule has 7 rings (SSSR count). The largest absolute Gasteiger partial charge is 0.457 e. The predicted molar refractivity (Wildman–Crippen MR) is 256 cm³/mol. The van der Waals surface area contributed by atoms with Crippen molar-refractivity contribution in [1.29, 1.82) is 0 Å². The van der Waals surface area contributed by atoms with E-state index in [0.717, 1.165) is 33.4 Å². The van der Waals surface area contributed by atoms with Gasteiger partial charge in [0.25, 0.3) is 0 Å². The maximum Gasteiger partial charge on any atom is 0.306 e. The Morgan fingerprint density at radius 1 is 0.552 bits per heavy atom. The second-order valence-electron chi connectivity index (χ2n) is 16.5. The van der Waals surface area contributed by atoms with Gasteiger partial charge in [0.2, 0.25) is 0 Å². The fraction of sp³-hybridized carbons (Fsp3) is 0.316. The van der Waals surface area contributed by atoms with Crippen molar-refractivity contribution in [2.24, 2.45) is 5.92 Å². The van der Waals surface area contributed by atoms with E-state index in [1.807, 2.05) is 182 Å². The van der Waals surface area contributed by atoms with Crippen LogP contribution in [-0.2, 0) is 87.1 Å². The Morgan fingerprint density at radius 3 is 1.43 bits per heavy atom. The molecule has 1 aliphatic rings. The van der Waals surface area contributed by atoms with Gasteiger partial charge < -0.3 is 42.6 Å². The van der Waals surface area contributed by atoms with Crippen LogP contribution in [0.1, 0.15) is 39.8 Å². The molecule has 0 N–H and O–H groups in total. The fourth-order valence-corrected chi connectivity index (χ4v) is 8.08. The van der Waals surface area contributed by atoms with E-state index in [-0.39, 0.29) is 52.7 Å². The Hall–Kier alpha value is -5.79. The van der Waals surface area contributed by atoms with Gasteiger partial charge in [-0.2, -0.15) is 0 Å². The van der Waals surface area contributed by atoms with Gasteiger partial charge in [-0.15, -0.1) is 6.58 Å². The zero-order chi connectivity index (χ0) is 46.3. The molecule has 67 heavy (non-hydrogen) atoms. The number of carbonyl (C=O) groups is 1. The smallest absolute Gasteiger partial charge is 0.306 e.